The van der Waals surface area contributed by atoms with Crippen molar-refractivity contribution in [1.82, 2.24) is 15.6 Å². The number of benzene rings is 1. The number of H-pyrrole nitrogens is 1. The number of carbonyl (C=O) groups excluding carboxylic acids is 1. The summed E-state index contributed by atoms with van der Waals surface area (Å²) < 4.78 is 4.98. The maximum atomic E-state index is 11.7. The van der Waals surface area contributed by atoms with E-state index in [1.54, 1.807) is 12.1 Å². The molecule has 1 aromatic carbocycles. The normalized spacial score (nSPS) is 15.6. The van der Waals surface area contributed by atoms with Gasteiger partial charge in [-0.25, -0.2) is 9.59 Å². The third-order valence-electron chi connectivity index (χ3n) is 3.63. The Balaban J connectivity index is 1.58. The molecule has 0 aliphatic heterocycles. The minimum absolute atomic E-state index is 0.146. The van der Waals surface area contributed by atoms with E-state index in [9.17, 15) is 9.59 Å². The summed E-state index contributed by atoms with van der Waals surface area (Å²) >= 11 is 0. The Morgan fingerprint density at radius 1 is 1.35 bits per heavy atom. The van der Waals surface area contributed by atoms with Gasteiger partial charge in [-0.1, -0.05) is 18.9 Å². The van der Waals surface area contributed by atoms with Crippen LogP contribution in [-0.4, -0.2) is 17.1 Å². The molecular weight excluding hydrogens is 258 g/mol. The Kier molecular flexibility index (Phi) is 3.45. The van der Waals surface area contributed by atoms with Gasteiger partial charge in [-0.15, -0.1) is 0 Å². The van der Waals surface area contributed by atoms with E-state index in [-0.39, 0.29) is 6.03 Å². The molecule has 0 spiro atoms. The first kappa shape index (κ1) is 12.8. The standard InChI is InChI=1S/C14H17N3O3/c18-13(16-10-3-1-2-4-10)15-8-9-5-6-11-12(7-9)20-14(19)17-11/h5-7,10H,1-4,8H2,(H,17,19)(H2,15,16,18). The van der Waals surface area contributed by atoms with Crippen molar-refractivity contribution in [3.05, 3.63) is 34.3 Å². The van der Waals surface area contributed by atoms with Gasteiger partial charge in [-0.2, -0.15) is 0 Å². The molecule has 3 N–H and O–H groups in total. The first-order chi connectivity index (χ1) is 9.70. The van der Waals surface area contributed by atoms with Crippen LogP contribution in [0.3, 0.4) is 0 Å². The first-order valence-corrected chi connectivity index (χ1v) is 6.87. The van der Waals surface area contributed by atoms with E-state index in [2.05, 4.69) is 15.6 Å². The second kappa shape index (κ2) is 5.40. The number of aromatic amines is 1. The molecule has 1 fully saturated rings. The zero-order valence-electron chi connectivity index (χ0n) is 11.1. The Hall–Kier alpha value is -2.24. The lowest BCUT2D eigenvalue weighted by atomic mass is 10.2. The molecular formula is C14H17N3O3. The first-order valence-electron chi connectivity index (χ1n) is 6.87. The molecule has 20 heavy (non-hydrogen) atoms. The van der Waals surface area contributed by atoms with Gasteiger partial charge in [0.05, 0.1) is 5.52 Å². The maximum Gasteiger partial charge on any atom is 0.417 e. The number of hydrogen-bond acceptors (Lipinski definition) is 3. The van der Waals surface area contributed by atoms with Gasteiger partial charge >= 0.3 is 11.8 Å². The fourth-order valence-electron chi connectivity index (χ4n) is 2.59. The van der Waals surface area contributed by atoms with E-state index in [1.165, 1.54) is 12.8 Å². The van der Waals surface area contributed by atoms with Gasteiger partial charge in [-0.3, -0.25) is 4.98 Å². The molecule has 1 aliphatic rings. The third-order valence-corrected chi connectivity index (χ3v) is 3.63. The van der Waals surface area contributed by atoms with E-state index >= 15 is 0 Å². The predicted molar refractivity (Wildman–Crippen MR) is 74.5 cm³/mol. The van der Waals surface area contributed by atoms with Crippen LogP contribution in [0.4, 0.5) is 4.79 Å². The molecule has 3 rings (SSSR count). The summed E-state index contributed by atoms with van der Waals surface area (Å²) in [4.78, 5) is 25.4. The molecule has 6 nitrogen and oxygen atoms in total. The highest BCUT2D eigenvalue weighted by Gasteiger charge is 2.16. The number of oxazole rings is 1. The van der Waals surface area contributed by atoms with Crippen molar-refractivity contribution in [2.24, 2.45) is 0 Å². The van der Waals surface area contributed by atoms with Crippen molar-refractivity contribution < 1.29 is 9.21 Å². The predicted octanol–water partition coefficient (Wildman–Crippen LogP) is 1.86. The van der Waals surface area contributed by atoms with Crippen LogP contribution >= 0.6 is 0 Å². The van der Waals surface area contributed by atoms with Crippen LogP contribution in [0.25, 0.3) is 11.1 Å². The highest BCUT2D eigenvalue weighted by atomic mass is 16.4. The quantitative estimate of drug-likeness (QED) is 0.799. The summed E-state index contributed by atoms with van der Waals surface area (Å²) in [6.45, 7) is 0.406. The summed E-state index contributed by atoms with van der Waals surface area (Å²) in [6, 6.07) is 5.53. The van der Waals surface area contributed by atoms with E-state index < -0.39 is 5.76 Å². The molecule has 0 atom stereocenters. The summed E-state index contributed by atoms with van der Waals surface area (Å²) in [7, 11) is 0. The number of fused-ring (bicyclic) bond motifs is 1. The summed E-state index contributed by atoms with van der Waals surface area (Å²) in [5.74, 6) is -0.468. The van der Waals surface area contributed by atoms with Crippen molar-refractivity contribution >= 4 is 17.1 Å². The SMILES string of the molecule is O=C(NCc1ccc2[nH]c(=O)oc2c1)NC1CCCC1. The summed E-state index contributed by atoms with van der Waals surface area (Å²) in [5.41, 5.74) is 2.06. The lowest BCUT2D eigenvalue weighted by Crippen LogP contribution is -2.40. The minimum atomic E-state index is -0.468. The number of nitrogens with one attached hydrogen (secondary N) is 3. The smallest absolute Gasteiger partial charge is 0.408 e. The van der Waals surface area contributed by atoms with Crippen molar-refractivity contribution in [3.63, 3.8) is 0 Å². The monoisotopic (exact) mass is 275 g/mol. The zero-order chi connectivity index (χ0) is 13.9. The van der Waals surface area contributed by atoms with Crippen LogP contribution in [0.1, 0.15) is 31.2 Å². The van der Waals surface area contributed by atoms with Gasteiger partial charge in [-0.05, 0) is 30.5 Å². The Morgan fingerprint density at radius 3 is 2.95 bits per heavy atom. The lowest BCUT2D eigenvalue weighted by Gasteiger charge is -2.12. The average Bonchev–Trinajstić information content (AvgIpc) is 3.04. The highest BCUT2D eigenvalue weighted by Crippen LogP contribution is 2.17. The number of amides is 2. The third kappa shape index (κ3) is 2.84. The van der Waals surface area contributed by atoms with E-state index in [0.29, 0.717) is 23.7 Å². The van der Waals surface area contributed by atoms with Crippen LogP contribution in [0.15, 0.2) is 27.4 Å². The molecule has 106 valence electrons. The van der Waals surface area contributed by atoms with Gasteiger partial charge in [0.1, 0.15) is 0 Å². The molecule has 0 bridgehead atoms. The fraction of sp³-hybridized carbons (Fsp3) is 0.429. The molecule has 2 aromatic rings. The van der Waals surface area contributed by atoms with E-state index in [4.69, 9.17) is 4.42 Å². The van der Waals surface area contributed by atoms with Crippen molar-refractivity contribution in [2.45, 2.75) is 38.3 Å². The van der Waals surface area contributed by atoms with Gasteiger partial charge < -0.3 is 15.1 Å². The Labute approximate surface area is 115 Å². The molecule has 1 aliphatic carbocycles. The van der Waals surface area contributed by atoms with Crippen LogP contribution in [-0.2, 0) is 6.54 Å². The topological polar surface area (TPSA) is 87.1 Å². The second-order valence-electron chi connectivity index (χ2n) is 5.15. The van der Waals surface area contributed by atoms with Crippen molar-refractivity contribution in [1.29, 1.82) is 0 Å². The number of aromatic nitrogens is 1. The van der Waals surface area contributed by atoms with E-state index in [1.807, 2.05) is 6.07 Å². The lowest BCUT2D eigenvalue weighted by molar-refractivity contribution is 0.236. The Morgan fingerprint density at radius 2 is 2.15 bits per heavy atom. The maximum absolute atomic E-state index is 11.7. The number of carbonyl (C=O) groups is 1. The van der Waals surface area contributed by atoms with Gasteiger partial charge in [0.25, 0.3) is 0 Å². The summed E-state index contributed by atoms with van der Waals surface area (Å²) in [6.07, 6.45) is 4.50. The zero-order valence-corrected chi connectivity index (χ0v) is 11.1. The number of urea groups is 1. The van der Waals surface area contributed by atoms with Gasteiger partial charge in [0.2, 0.25) is 0 Å². The van der Waals surface area contributed by atoms with Gasteiger partial charge in [0, 0.05) is 12.6 Å². The minimum Gasteiger partial charge on any atom is -0.408 e. The molecule has 1 heterocycles. The van der Waals surface area contributed by atoms with Crippen molar-refractivity contribution in [2.75, 3.05) is 0 Å². The van der Waals surface area contributed by atoms with Crippen LogP contribution < -0.4 is 16.4 Å². The molecule has 0 unspecified atom stereocenters. The number of hydrogen-bond donors (Lipinski definition) is 3. The largest absolute Gasteiger partial charge is 0.417 e. The van der Waals surface area contributed by atoms with Crippen LogP contribution in [0, 0.1) is 0 Å². The number of rotatable bonds is 3. The van der Waals surface area contributed by atoms with Crippen LogP contribution in [0.2, 0.25) is 0 Å². The molecule has 0 saturated heterocycles. The molecule has 1 aromatic heterocycles. The van der Waals surface area contributed by atoms with Gasteiger partial charge in [0.15, 0.2) is 5.58 Å². The molecule has 6 heteroatoms. The average molecular weight is 275 g/mol. The summed E-state index contributed by atoms with van der Waals surface area (Å²) in [5, 5.41) is 5.78. The van der Waals surface area contributed by atoms with E-state index in [0.717, 1.165) is 18.4 Å². The Bertz CT molecular complexity index is 668. The van der Waals surface area contributed by atoms with Crippen LogP contribution in [0.5, 0.6) is 0 Å². The highest BCUT2D eigenvalue weighted by molar-refractivity contribution is 5.75. The fourth-order valence-corrected chi connectivity index (χ4v) is 2.59. The molecule has 2 amide bonds. The second-order valence-corrected chi connectivity index (χ2v) is 5.15. The molecule has 0 radical (unpaired) electrons. The molecule has 1 saturated carbocycles. The van der Waals surface area contributed by atoms with Crippen molar-refractivity contribution in [3.8, 4) is 0 Å².